The van der Waals surface area contributed by atoms with Gasteiger partial charge in [0.15, 0.2) is 0 Å². The summed E-state index contributed by atoms with van der Waals surface area (Å²) in [5.41, 5.74) is 0. The molecule has 0 aromatic rings. The minimum absolute atomic E-state index is 0.325. The van der Waals surface area contributed by atoms with Gasteiger partial charge in [-0.3, -0.25) is 0 Å². The second-order valence-corrected chi connectivity index (χ2v) is 6.51. The first-order valence-corrected chi connectivity index (χ1v) is 4.96. The van der Waals surface area contributed by atoms with Gasteiger partial charge < -0.3 is 0 Å². The summed E-state index contributed by atoms with van der Waals surface area (Å²) in [6, 6.07) is 0. The van der Waals surface area contributed by atoms with Crippen molar-refractivity contribution in [2.75, 3.05) is 0 Å². The predicted molar refractivity (Wildman–Crippen MR) is 53.2 cm³/mol. The van der Waals surface area contributed by atoms with E-state index in [0.29, 0.717) is 0 Å². The first kappa shape index (κ1) is 9.75. The molecule has 0 saturated heterocycles. The highest BCUT2D eigenvalue weighted by Gasteiger charge is 2.42. The van der Waals surface area contributed by atoms with Crippen LogP contribution in [0.15, 0.2) is 24.1 Å². The lowest BCUT2D eigenvalue weighted by Gasteiger charge is -2.32. The minimum Gasteiger partial charge on any atom is -0.207 e. The summed E-state index contributed by atoms with van der Waals surface area (Å²) in [6.45, 7) is 1.86. The van der Waals surface area contributed by atoms with Crippen LogP contribution in [0.4, 0.5) is 4.39 Å². The fourth-order valence-electron chi connectivity index (χ4n) is 0.710. The monoisotopic (exact) mass is 302 g/mol. The number of halogens is 4. The molecule has 0 fully saturated rings. The van der Waals surface area contributed by atoms with Crippen LogP contribution in [0.5, 0.6) is 0 Å². The highest BCUT2D eigenvalue weighted by Crippen LogP contribution is 2.47. The molecule has 0 amide bonds. The lowest BCUT2D eigenvalue weighted by Crippen LogP contribution is -2.35. The van der Waals surface area contributed by atoms with Crippen molar-refractivity contribution in [3.8, 4) is 0 Å². The predicted octanol–water partition coefficient (Wildman–Crippen LogP) is 3.89. The van der Waals surface area contributed by atoms with Crippen LogP contribution in [0.25, 0.3) is 0 Å². The molecule has 0 radical (unpaired) electrons. The Labute approximate surface area is 86.7 Å². The molecule has 1 aliphatic rings. The molecule has 0 aromatic carbocycles. The molecule has 0 saturated carbocycles. The SMILES string of the molecule is CC1(Br)C=CC(F)=CC1(Cl)Br. The van der Waals surface area contributed by atoms with Crippen LogP contribution >= 0.6 is 43.5 Å². The van der Waals surface area contributed by atoms with Crippen LogP contribution in [0, 0.1) is 0 Å². The second kappa shape index (κ2) is 2.86. The van der Waals surface area contributed by atoms with Crippen molar-refractivity contribution in [3.05, 3.63) is 24.1 Å². The normalized spacial score (nSPS) is 43.9. The fourth-order valence-corrected chi connectivity index (χ4v) is 1.47. The van der Waals surface area contributed by atoms with E-state index in [1.54, 1.807) is 6.08 Å². The molecule has 0 bridgehead atoms. The Balaban J connectivity index is 3.04. The average Bonchev–Trinajstić information content (AvgIpc) is 1.80. The molecule has 4 heteroatoms. The number of hydrogen-bond acceptors (Lipinski definition) is 0. The first-order chi connectivity index (χ1) is 4.85. The second-order valence-electron chi connectivity index (χ2n) is 2.56. The van der Waals surface area contributed by atoms with Gasteiger partial charge >= 0.3 is 0 Å². The van der Waals surface area contributed by atoms with E-state index in [1.807, 2.05) is 6.92 Å². The van der Waals surface area contributed by atoms with Crippen molar-refractivity contribution < 1.29 is 4.39 Å². The molecule has 0 nitrogen and oxygen atoms in total. The van der Waals surface area contributed by atoms with Gasteiger partial charge in [-0.25, -0.2) is 4.39 Å². The zero-order chi connectivity index (χ0) is 8.70. The van der Waals surface area contributed by atoms with Crippen molar-refractivity contribution in [2.45, 2.75) is 15.0 Å². The van der Waals surface area contributed by atoms with Crippen LogP contribution in [-0.2, 0) is 0 Å². The van der Waals surface area contributed by atoms with E-state index in [4.69, 9.17) is 11.6 Å². The van der Waals surface area contributed by atoms with Crippen molar-refractivity contribution in [2.24, 2.45) is 0 Å². The lowest BCUT2D eigenvalue weighted by molar-refractivity contribution is 0.635. The zero-order valence-electron chi connectivity index (χ0n) is 5.74. The van der Waals surface area contributed by atoms with Gasteiger partial charge in [-0.15, -0.1) is 11.6 Å². The number of hydrogen-bond donors (Lipinski definition) is 0. The smallest absolute Gasteiger partial charge is 0.139 e. The van der Waals surface area contributed by atoms with Gasteiger partial charge in [0.25, 0.3) is 0 Å². The molecule has 0 heterocycles. The Morgan fingerprint density at radius 1 is 1.55 bits per heavy atom. The summed E-state index contributed by atoms with van der Waals surface area (Å²) in [4.78, 5) is 0. The Morgan fingerprint density at radius 2 is 2.09 bits per heavy atom. The summed E-state index contributed by atoms with van der Waals surface area (Å²) in [7, 11) is 0. The molecule has 0 N–H and O–H groups in total. The third-order valence-electron chi connectivity index (χ3n) is 1.53. The third kappa shape index (κ3) is 1.87. The molecule has 2 atom stereocenters. The standard InChI is InChI=1S/C7H6Br2ClF/c1-6(8)3-2-5(11)4-7(6,9)10/h2-4H,1H3. The Kier molecular flexibility index (Phi) is 2.53. The van der Waals surface area contributed by atoms with Gasteiger partial charge in [-0.1, -0.05) is 37.9 Å². The highest BCUT2D eigenvalue weighted by atomic mass is 79.9. The van der Waals surface area contributed by atoms with Crippen LogP contribution in [-0.4, -0.2) is 8.11 Å². The van der Waals surface area contributed by atoms with E-state index in [2.05, 4.69) is 31.9 Å². The molecular weight excluding hydrogens is 298 g/mol. The molecule has 1 rings (SSSR count). The minimum atomic E-state index is -0.876. The number of alkyl halides is 3. The molecule has 1 aliphatic carbocycles. The van der Waals surface area contributed by atoms with Crippen molar-refractivity contribution >= 4 is 43.5 Å². The summed E-state index contributed by atoms with van der Waals surface area (Å²) in [5.74, 6) is -0.325. The summed E-state index contributed by atoms with van der Waals surface area (Å²) < 4.78 is 11.3. The van der Waals surface area contributed by atoms with E-state index >= 15 is 0 Å². The maximum atomic E-state index is 12.7. The topological polar surface area (TPSA) is 0 Å². The van der Waals surface area contributed by atoms with E-state index in [0.717, 1.165) is 0 Å². The van der Waals surface area contributed by atoms with Crippen LogP contribution in [0.2, 0.25) is 0 Å². The zero-order valence-corrected chi connectivity index (χ0v) is 9.67. The summed E-state index contributed by atoms with van der Waals surface area (Å²) >= 11 is 12.5. The van der Waals surface area contributed by atoms with Crippen molar-refractivity contribution in [1.82, 2.24) is 0 Å². The molecular formula is C7H6Br2ClF. The van der Waals surface area contributed by atoms with E-state index in [1.165, 1.54) is 12.2 Å². The molecule has 62 valence electrons. The molecule has 0 aliphatic heterocycles. The summed E-state index contributed by atoms with van der Waals surface area (Å²) in [6.07, 6.45) is 4.38. The fraction of sp³-hybridized carbons (Fsp3) is 0.429. The maximum Gasteiger partial charge on any atom is 0.139 e. The molecule has 0 aromatic heterocycles. The van der Waals surface area contributed by atoms with Crippen molar-refractivity contribution in [3.63, 3.8) is 0 Å². The van der Waals surface area contributed by atoms with E-state index in [-0.39, 0.29) is 5.83 Å². The molecule has 2 unspecified atom stereocenters. The van der Waals surface area contributed by atoms with Crippen LogP contribution < -0.4 is 0 Å². The van der Waals surface area contributed by atoms with Gasteiger partial charge in [0.1, 0.15) is 9.61 Å². The lowest BCUT2D eigenvalue weighted by atomic mass is 10.0. The van der Waals surface area contributed by atoms with Crippen molar-refractivity contribution in [1.29, 1.82) is 0 Å². The van der Waals surface area contributed by atoms with E-state index < -0.39 is 8.11 Å². The van der Waals surface area contributed by atoms with E-state index in [9.17, 15) is 4.39 Å². The number of allylic oxidation sites excluding steroid dienone is 4. The average molecular weight is 304 g/mol. The highest BCUT2D eigenvalue weighted by molar-refractivity contribution is 9.13. The number of rotatable bonds is 0. The largest absolute Gasteiger partial charge is 0.207 e. The Morgan fingerprint density at radius 3 is 2.45 bits per heavy atom. The third-order valence-corrected chi connectivity index (χ3v) is 4.73. The Bertz CT molecular complexity index is 231. The van der Waals surface area contributed by atoms with Gasteiger partial charge in [0.05, 0.1) is 4.32 Å². The molecule has 11 heavy (non-hydrogen) atoms. The first-order valence-electron chi connectivity index (χ1n) is 2.99. The van der Waals surface area contributed by atoms with Gasteiger partial charge in [0, 0.05) is 0 Å². The van der Waals surface area contributed by atoms with Gasteiger partial charge in [0.2, 0.25) is 0 Å². The quantitative estimate of drug-likeness (QED) is 0.596. The summed E-state index contributed by atoms with van der Waals surface area (Å²) in [5, 5.41) is 0. The van der Waals surface area contributed by atoms with Crippen LogP contribution in [0.3, 0.4) is 0 Å². The van der Waals surface area contributed by atoms with Gasteiger partial charge in [-0.2, -0.15) is 0 Å². The van der Waals surface area contributed by atoms with Gasteiger partial charge in [-0.05, 0) is 19.1 Å². The maximum absolute atomic E-state index is 12.7. The molecule has 0 spiro atoms. The Hall–Kier alpha value is 0.660. The van der Waals surface area contributed by atoms with Crippen LogP contribution in [0.1, 0.15) is 6.92 Å².